The monoisotopic (exact) mass is 187 g/mol. The van der Waals surface area contributed by atoms with Crippen molar-refractivity contribution in [3.05, 3.63) is 29.8 Å². The van der Waals surface area contributed by atoms with Gasteiger partial charge in [-0.25, -0.2) is 0 Å². The van der Waals surface area contributed by atoms with Crippen LogP contribution in [0.4, 0.5) is 5.69 Å². The minimum Gasteiger partial charge on any atom is -0.378 e. The van der Waals surface area contributed by atoms with Gasteiger partial charge in [0.2, 0.25) is 0 Å². The smallest absolute Gasteiger partial charge is 0.0504 e. The Hall–Kier alpha value is -1.42. The summed E-state index contributed by atoms with van der Waals surface area (Å²) in [6.07, 6.45) is 5.50. The van der Waals surface area contributed by atoms with E-state index in [1.165, 1.54) is 11.3 Å². The molecule has 0 radical (unpaired) electrons. The largest absolute Gasteiger partial charge is 0.378 e. The predicted molar refractivity (Wildman–Crippen MR) is 62.6 cm³/mol. The summed E-state index contributed by atoms with van der Waals surface area (Å²) in [5, 5.41) is 0. The van der Waals surface area contributed by atoms with E-state index < -0.39 is 0 Å². The van der Waals surface area contributed by atoms with E-state index in [4.69, 9.17) is 6.42 Å². The summed E-state index contributed by atoms with van der Waals surface area (Å²) in [5.41, 5.74) is 2.18. The highest BCUT2D eigenvalue weighted by atomic mass is 15.1. The van der Waals surface area contributed by atoms with E-state index in [1.54, 1.807) is 0 Å². The van der Waals surface area contributed by atoms with Crippen LogP contribution < -0.4 is 4.90 Å². The standard InChI is InChI=1S/C13H17N/c1-6-13(2,3)11-8-7-9-12(10-11)14(4)5/h1,7-10H,2-5H3. The molecule has 1 aromatic rings. The molecule has 0 unspecified atom stereocenters. The van der Waals surface area contributed by atoms with Gasteiger partial charge in [-0.05, 0) is 31.5 Å². The third-order valence-electron chi connectivity index (χ3n) is 2.45. The zero-order valence-corrected chi connectivity index (χ0v) is 9.33. The summed E-state index contributed by atoms with van der Waals surface area (Å²) in [6, 6.07) is 8.34. The van der Waals surface area contributed by atoms with E-state index >= 15 is 0 Å². The summed E-state index contributed by atoms with van der Waals surface area (Å²) in [4.78, 5) is 2.08. The Morgan fingerprint density at radius 1 is 1.29 bits per heavy atom. The lowest BCUT2D eigenvalue weighted by Crippen LogP contribution is -2.15. The van der Waals surface area contributed by atoms with Gasteiger partial charge < -0.3 is 4.90 Å². The van der Waals surface area contributed by atoms with Crippen molar-refractivity contribution in [3.8, 4) is 12.3 Å². The Bertz CT molecular complexity index is 356. The van der Waals surface area contributed by atoms with Gasteiger partial charge in [0.15, 0.2) is 0 Å². The summed E-state index contributed by atoms with van der Waals surface area (Å²) in [5.74, 6) is 2.81. The zero-order chi connectivity index (χ0) is 10.8. The van der Waals surface area contributed by atoms with Crippen molar-refractivity contribution >= 4 is 5.69 Å². The zero-order valence-electron chi connectivity index (χ0n) is 9.33. The number of benzene rings is 1. The van der Waals surface area contributed by atoms with Crippen LogP contribution in [0.15, 0.2) is 24.3 Å². The average molecular weight is 187 g/mol. The summed E-state index contributed by atoms with van der Waals surface area (Å²) in [6.45, 7) is 4.11. The van der Waals surface area contributed by atoms with Crippen LogP contribution in [-0.2, 0) is 5.41 Å². The van der Waals surface area contributed by atoms with E-state index in [0.29, 0.717) is 0 Å². The lowest BCUT2D eigenvalue weighted by molar-refractivity contribution is 0.699. The predicted octanol–water partition coefficient (Wildman–Crippen LogP) is 2.66. The molecule has 0 aliphatic rings. The maximum atomic E-state index is 5.50. The van der Waals surface area contributed by atoms with Crippen LogP contribution in [0.5, 0.6) is 0 Å². The molecule has 0 aliphatic carbocycles. The fraction of sp³-hybridized carbons (Fsp3) is 0.385. The first-order valence-corrected chi connectivity index (χ1v) is 4.73. The quantitative estimate of drug-likeness (QED) is 0.643. The topological polar surface area (TPSA) is 3.24 Å². The number of anilines is 1. The van der Waals surface area contributed by atoms with Crippen molar-refractivity contribution in [1.29, 1.82) is 0 Å². The molecule has 0 aromatic heterocycles. The number of rotatable bonds is 2. The second-order valence-corrected chi connectivity index (χ2v) is 4.21. The molecule has 74 valence electrons. The first kappa shape index (κ1) is 10.7. The highest BCUT2D eigenvalue weighted by Gasteiger charge is 2.17. The van der Waals surface area contributed by atoms with E-state index in [0.717, 1.165) is 0 Å². The second kappa shape index (κ2) is 3.75. The fourth-order valence-electron chi connectivity index (χ4n) is 1.26. The Morgan fingerprint density at radius 3 is 2.43 bits per heavy atom. The third kappa shape index (κ3) is 2.09. The van der Waals surface area contributed by atoms with Crippen molar-refractivity contribution in [2.45, 2.75) is 19.3 Å². The van der Waals surface area contributed by atoms with Gasteiger partial charge in [0, 0.05) is 19.8 Å². The fourth-order valence-corrected chi connectivity index (χ4v) is 1.26. The molecule has 1 nitrogen and oxygen atoms in total. The van der Waals surface area contributed by atoms with Crippen LogP contribution in [-0.4, -0.2) is 14.1 Å². The molecule has 0 atom stereocenters. The Balaban J connectivity index is 3.14. The molecule has 1 rings (SSSR count). The maximum Gasteiger partial charge on any atom is 0.0504 e. The molecular formula is C13H17N. The van der Waals surface area contributed by atoms with Crippen LogP contribution in [0, 0.1) is 12.3 Å². The summed E-state index contributed by atoms with van der Waals surface area (Å²) < 4.78 is 0. The Morgan fingerprint density at radius 2 is 1.93 bits per heavy atom. The highest BCUT2D eigenvalue weighted by Crippen LogP contribution is 2.25. The molecular weight excluding hydrogens is 170 g/mol. The minimum atomic E-state index is -0.188. The second-order valence-electron chi connectivity index (χ2n) is 4.21. The molecule has 0 bridgehead atoms. The van der Waals surface area contributed by atoms with Gasteiger partial charge in [-0.15, -0.1) is 6.42 Å². The Kier molecular flexibility index (Phi) is 2.86. The SMILES string of the molecule is C#CC(C)(C)c1cccc(N(C)C)c1. The summed E-state index contributed by atoms with van der Waals surface area (Å²) >= 11 is 0. The van der Waals surface area contributed by atoms with Crippen molar-refractivity contribution in [3.63, 3.8) is 0 Å². The number of hydrogen-bond acceptors (Lipinski definition) is 1. The van der Waals surface area contributed by atoms with Crippen molar-refractivity contribution in [1.82, 2.24) is 0 Å². The van der Waals surface area contributed by atoms with Gasteiger partial charge in [0.1, 0.15) is 0 Å². The van der Waals surface area contributed by atoms with Gasteiger partial charge in [0.05, 0.1) is 5.41 Å². The van der Waals surface area contributed by atoms with Crippen molar-refractivity contribution in [2.24, 2.45) is 0 Å². The highest BCUT2D eigenvalue weighted by molar-refractivity contribution is 5.50. The van der Waals surface area contributed by atoms with Gasteiger partial charge in [-0.1, -0.05) is 18.1 Å². The molecule has 0 N–H and O–H groups in total. The lowest BCUT2D eigenvalue weighted by Gasteiger charge is -2.21. The van der Waals surface area contributed by atoms with Crippen LogP contribution in [0.3, 0.4) is 0 Å². The molecule has 0 aliphatic heterocycles. The van der Waals surface area contributed by atoms with E-state index in [1.807, 2.05) is 20.2 Å². The normalized spacial score (nSPS) is 10.8. The first-order valence-electron chi connectivity index (χ1n) is 4.73. The van der Waals surface area contributed by atoms with Gasteiger partial charge in [0.25, 0.3) is 0 Å². The molecule has 0 saturated carbocycles. The Labute approximate surface area is 86.7 Å². The van der Waals surface area contributed by atoms with Crippen molar-refractivity contribution < 1.29 is 0 Å². The maximum absolute atomic E-state index is 5.50. The van der Waals surface area contributed by atoms with Crippen LogP contribution in [0.25, 0.3) is 0 Å². The number of nitrogens with zero attached hydrogens (tertiary/aromatic N) is 1. The molecule has 14 heavy (non-hydrogen) atoms. The molecule has 0 fully saturated rings. The van der Waals surface area contributed by atoms with Gasteiger partial charge in [-0.3, -0.25) is 0 Å². The van der Waals surface area contributed by atoms with Gasteiger partial charge >= 0.3 is 0 Å². The minimum absolute atomic E-state index is 0.188. The van der Waals surface area contributed by atoms with Crippen LogP contribution in [0.2, 0.25) is 0 Å². The van der Waals surface area contributed by atoms with E-state index in [9.17, 15) is 0 Å². The molecule has 1 heteroatoms. The van der Waals surface area contributed by atoms with E-state index in [-0.39, 0.29) is 5.41 Å². The van der Waals surface area contributed by atoms with Crippen LogP contribution >= 0.6 is 0 Å². The molecule has 1 aromatic carbocycles. The average Bonchev–Trinajstić information content (AvgIpc) is 2.18. The third-order valence-corrected chi connectivity index (χ3v) is 2.45. The first-order chi connectivity index (χ1) is 6.47. The lowest BCUT2D eigenvalue weighted by atomic mass is 9.85. The van der Waals surface area contributed by atoms with E-state index in [2.05, 4.69) is 42.9 Å². The molecule has 0 saturated heterocycles. The molecule has 0 heterocycles. The molecule has 0 amide bonds. The molecule has 0 spiro atoms. The number of hydrogen-bond donors (Lipinski definition) is 0. The number of terminal acetylenes is 1. The summed E-state index contributed by atoms with van der Waals surface area (Å²) in [7, 11) is 4.06. The van der Waals surface area contributed by atoms with Crippen LogP contribution in [0.1, 0.15) is 19.4 Å². The van der Waals surface area contributed by atoms with Gasteiger partial charge in [-0.2, -0.15) is 0 Å². The van der Waals surface area contributed by atoms with Crippen molar-refractivity contribution in [2.75, 3.05) is 19.0 Å².